The highest BCUT2D eigenvalue weighted by Crippen LogP contribution is 2.12. The highest BCUT2D eigenvalue weighted by atomic mass is 16.2. The number of carbonyl (C=O) groups is 1. The second kappa shape index (κ2) is 6.52. The molecule has 0 atom stereocenters. The van der Waals surface area contributed by atoms with Crippen LogP contribution in [-0.2, 0) is 6.54 Å². The molecule has 0 fully saturated rings. The van der Waals surface area contributed by atoms with E-state index in [1.807, 2.05) is 64.4 Å². The lowest BCUT2D eigenvalue weighted by Gasteiger charge is -2.23. The first-order chi connectivity index (χ1) is 8.41. The zero-order valence-electron chi connectivity index (χ0n) is 12.0. The Morgan fingerprint density at radius 1 is 1.00 bits per heavy atom. The van der Waals surface area contributed by atoms with Gasteiger partial charge in [-0.3, -0.25) is 9.69 Å². The fraction of sp³-hybridized carbons (Fsp3) is 0.500. The van der Waals surface area contributed by atoms with E-state index in [-0.39, 0.29) is 5.91 Å². The van der Waals surface area contributed by atoms with Crippen molar-refractivity contribution in [1.29, 1.82) is 0 Å². The molecule has 0 unspecified atom stereocenters. The molecule has 0 saturated carbocycles. The Hall–Kier alpha value is -1.39. The van der Waals surface area contributed by atoms with Crippen LogP contribution in [0.25, 0.3) is 0 Å². The van der Waals surface area contributed by atoms with Gasteiger partial charge in [0.05, 0.1) is 6.67 Å². The third-order valence-corrected chi connectivity index (χ3v) is 2.58. The summed E-state index contributed by atoms with van der Waals surface area (Å²) in [6, 6.07) is 7.79. The van der Waals surface area contributed by atoms with E-state index in [0.717, 1.165) is 17.7 Å². The van der Waals surface area contributed by atoms with E-state index in [1.54, 1.807) is 4.90 Å². The molecule has 0 aliphatic heterocycles. The molecule has 18 heavy (non-hydrogen) atoms. The highest BCUT2D eigenvalue weighted by molar-refractivity contribution is 5.95. The summed E-state index contributed by atoms with van der Waals surface area (Å²) >= 11 is 0. The average Bonchev–Trinajstić information content (AvgIpc) is 2.27. The maximum absolute atomic E-state index is 12.4. The predicted molar refractivity (Wildman–Crippen MR) is 74.5 cm³/mol. The molecular weight excluding hydrogens is 226 g/mol. The zero-order valence-corrected chi connectivity index (χ0v) is 12.0. The Kier molecular flexibility index (Phi) is 5.31. The third-order valence-electron chi connectivity index (χ3n) is 2.58. The number of nitrogens with zero attached hydrogens (tertiary/aromatic N) is 3. The van der Waals surface area contributed by atoms with Gasteiger partial charge in [0.25, 0.3) is 5.91 Å². The van der Waals surface area contributed by atoms with Crippen molar-refractivity contribution in [2.45, 2.75) is 6.54 Å². The highest BCUT2D eigenvalue weighted by Gasteiger charge is 2.15. The molecule has 0 radical (unpaired) electrons. The minimum absolute atomic E-state index is 0.0705. The molecule has 0 heterocycles. The summed E-state index contributed by atoms with van der Waals surface area (Å²) < 4.78 is 0. The maximum atomic E-state index is 12.4. The molecule has 4 nitrogen and oxygen atoms in total. The van der Waals surface area contributed by atoms with Gasteiger partial charge in [0.2, 0.25) is 0 Å². The second-order valence-electron chi connectivity index (χ2n) is 5.12. The van der Waals surface area contributed by atoms with Crippen molar-refractivity contribution in [3.8, 4) is 0 Å². The van der Waals surface area contributed by atoms with E-state index in [4.69, 9.17) is 0 Å². The van der Waals surface area contributed by atoms with Gasteiger partial charge in [-0.15, -0.1) is 0 Å². The quantitative estimate of drug-likeness (QED) is 0.737. The molecule has 0 aliphatic carbocycles. The van der Waals surface area contributed by atoms with Crippen molar-refractivity contribution in [2.24, 2.45) is 0 Å². The fourth-order valence-corrected chi connectivity index (χ4v) is 1.90. The molecule has 1 aromatic rings. The lowest BCUT2D eigenvalue weighted by atomic mass is 10.1. The van der Waals surface area contributed by atoms with Crippen molar-refractivity contribution < 1.29 is 4.79 Å². The minimum atomic E-state index is 0.0705. The lowest BCUT2D eigenvalue weighted by Crippen LogP contribution is -2.35. The normalized spacial score (nSPS) is 11.1. The Labute approximate surface area is 110 Å². The van der Waals surface area contributed by atoms with Crippen LogP contribution < -0.4 is 0 Å². The average molecular weight is 249 g/mol. The van der Waals surface area contributed by atoms with E-state index >= 15 is 0 Å². The molecule has 1 rings (SSSR count). The standard InChI is InChI=1S/C14H23N3O/c1-15(2)10-12-8-6-7-9-13(12)14(18)17(5)11-16(3)4/h6-9H,10-11H2,1-5H3. The van der Waals surface area contributed by atoms with Crippen molar-refractivity contribution in [3.05, 3.63) is 35.4 Å². The molecule has 0 bridgehead atoms. The Morgan fingerprint density at radius 3 is 2.17 bits per heavy atom. The van der Waals surface area contributed by atoms with Crippen LogP contribution in [0.5, 0.6) is 0 Å². The van der Waals surface area contributed by atoms with Crippen LogP contribution in [0.2, 0.25) is 0 Å². The first kappa shape index (κ1) is 14.7. The van der Waals surface area contributed by atoms with Crippen molar-refractivity contribution in [1.82, 2.24) is 14.7 Å². The summed E-state index contributed by atoms with van der Waals surface area (Å²) in [5, 5.41) is 0. The predicted octanol–water partition coefficient (Wildman–Crippen LogP) is 1.34. The maximum Gasteiger partial charge on any atom is 0.254 e. The van der Waals surface area contributed by atoms with Crippen LogP contribution in [0.15, 0.2) is 24.3 Å². The fourth-order valence-electron chi connectivity index (χ4n) is 1.90. The van der Waals surface area contributed by atoms with Crippen molar-refractivity contribution in [3.63, 3.8) is 0 Å². The van der Waals surface area contributed by atoms with E-state index in [1.165, 1.54) is 0 Å². The minimum Gasteiger partial charge on any atom is -0.329 e. The van der Waals surface area contributed by atoms with Crippen LogP contribution in [-0.4, -0.2) is 62.5 Å². The summed E-state index contributed by atoms with van der Waals surface area (Å²) in [4.78, 5) is 18.1. The molecule has 0 N–H and O–H groups in total. The van der Waals surface area contributed by atoms with Gasteiger partial charge in [0.1, 0.15) is 0 Å². The molecule has 0 saturated heterocycles. The third kappa shape index (κ3) is 4.13. The molecule has 0 aromatic heterocycles. The Bertz CT molecular complexity index is 402. The number of carbonyl (C=O) groups excluding carboxylic acids is 1. The van der Waals surface area contributed by atoms with Crippen LogP contribution in [0.4, 0.5) is 0 Å². The van der Waals surface area contributed by atoms with E-state index in [9.17, 15) is 4.79 Å². The molecular formula is C14H23N3O. The Morgan fingerprint density at radius 2 is 1.61 bits per heavy atom. The number of hydrogen-bond acceptors (Lipinski definition) is 3. The Balaban J connectivity index is 2.91. The van der Waals surface area contributed by atoms with Crippen molar-refractivity contribution in [2.75, 3.05) is 41.9 Å². The van der Waals surface area contributed by atoms with Gasteiger partial charge in [-0.25, -0.2) is 0 Å². The first-order valence-electron chi connectivity index (χ1n) is 6.04. The molecule has 0 aliphatic rings. The van der Waals surface area contributed by atoms with Crippen LogP contribution in [0, 0.1) is 0 Å². The molecule has 4 heteroatoms. The van der Waals surface area contributed by atoms with Gasteiger partial charge in [-0.2, -0.15) is 0 Å². The second-order valence-corrected chi connectivity index (χ2v) is 5.12. The topological polar surface area (TPSA) is 26.8 Å². The van der Waals surface area contributed by atoms with Crippen LogP contribution in [0.1, 0.15) is 15.9 Å². The molecule has 1 amide bonds. The van der Waals surface area contributed by atoms with Gasteiger partial charge >= 0.3 is 0 Å². The lowest BCUT2D eigenvalue weighted by molar-refractivity contribution is 0.0728. The SMILES string of the molecule is CN(C)Cc1ccccc1C(=O)N(C)CN(C)C. The van der Waals surface area contributed by atoms with E-state index in [2.05, 4.69) is 4.90 Å². The largest absolute Gasteiger partial charge is 0.329 e. The van der Waals surface area contributed by atoms with E-state index in [0.29, 0.717) is 6.67 Å². The summed E-state index contributed by atoms with van der Waals surface area (Å²) in [5.74, 6) is 0.0705. The van der Waals surface area contributed by atoms with Crippen LogP contribution in [0.3, 0.4) is 0 Å². The van der Waals surface area contributed by atoms with Crippen molar-refractivity contribution >= 4 is 5.91 Å². The number of amides is 1. The van der Waals surface area contributed by atoms with Gasteiger partial charge in [-0.1, -0.05) is 18.2 Å². The summed E-state index contributed by atoms with van der Waals surface area (Å²) in [6.07, 6.45) is 0. The first-order valence-corrected chi connectivity index (χ1v) is 6.04. The number of hydrogen-bond donors (Lipinski definition) is 0. The number of rotatable bonds is 5. The van der Waals surface area contributed by atoms with Crippen LogP contribution >= 0.6 is 0 Å². The van der Waals surface area contributed by atoms with Gasteiger partial charge < -0.3 is 9.80 Å². The van der Waals surface area contributed by atoms with Gasteiger partial charge in [0, 0.05) is 19.2 Å². The number of benzene rings is 1. The smallest absolute Gasteiger partial charge is 0.254 e. The summed E-state index contributed by atoms with van der Waals surface area (Å²) in [5.41, 5.74) is 1.86. The van der Waals surface area contributed by atoms with E-state index < -0.39 is 0 Å². The monoisotopic (exact) mass is 249 g/mol. The summed E-state index contributed by atoms with van der Waals surface area (Å²) in [6.45, 7) is 1.40. The molecule has 0 spiro atoms. The summed E-state index contributed by atoms with van der Waals surface area (Å²) in [7, 11) is 9.75. The molecule has 1 aromatic carbocycles. The van der Waals surface area contributed by atoms with Gasteiger partial charge in [-0.05, 0) is 39.8 Å². The van der Waals surface area contributed by atoms with Gasteiger partial charge in [0.15, 0.2) is 0 Å². The molecule has 100 valence electrons. The zero-order chi connectivity index (χ0) is 13.7.